The van der Waals surface area contributed by atoms with E-state index in [-0.39, 0.29) is 5.97 Å². The minimum atomic E-state index is -0.300. The van der Waals surface area contributed by atoms with Crippen LogP contribution in [0.1, 0.15) is 12.5 Å². The van der Waals surface area contributed by atoms with Crippen LogP contribution in [0.2, 0.25) is 0 Å². The molecule has 1 aliphatic rings. The zero-order chi connectivity index (χ0) is 13.8. The van der Waals surface area contributed by atoms with Crippen LogP contribution in [0.5, 0.6) is 0 Å². The smallest absolute Gasteiger partial charge is 0.337 e. The summed E-state index contributed by atoms with van der Waals surface area (Å²) in [6, 6.07) is 2.02. The van der Waals surface area contributed by atoms with Crippen molar-refractivity contribution in [2.24, 2.45) is 0 Å². The first-order valence-electron chi connectivity index (χ1n) is 5.71. The Hall–Kier alpha value is -0.920. The molecular formula is C12H13BrN2O2S2. The fourth-order valence-corrected chi connectivity index (χ4v) is 3.21. The number of thiophene rings is 1. The van der Waals surface area contributed by atoms with Gasteiger partial charge in [-0.25, -0.2) is 4.79 Å². The lowest BCUT2D eigenvalue weighted by Crippen LogP contribution is -2.43. The highest BCUT2D eigenvalue weighted by atomic mass is 79.9. The molecule has 0 spiro atoms. The molecule has 0 saturated heterocycles. The van der Waals surface area contributed by atoms with Gasteiger partial charge in [-0.15, -0.1) is 11.3 Å². The van der Waals surface area contributed by atoms with Crippen molar-refractivity contribution in [1.29, 1.82) is 0 Å². The number of rotatable bonds is 4. The van der Waals surface area contributed by atoms with E-state index in [0.29, 0.717) is 30.3 Å². The molecule has 0 radical (unpaired) electrons. The summed E-state index contributed by atoms with van der Waals surface area (Å²) in [6.45, 7) is 2.60. The Balaban J connectivity index is 1.86. The van der Waals surface area contributed by atoms with Crippen molar-refractivity contribution < 1.29 is 9.53 Å². The van der Waals surface area contributed by atoms with Crippen LogP contribution in [0, 0.1) is 0 Å². The Morgan fingerprint density at radius 1 is 1.63 bits per heavy atom. The standard InChI is InChI=1S/C12H13BrN2O2S2/c1-7-9(6-14-12(18)15-7)11(16)17-4-2-8-3-5-19-10(8)13/h3,5H,2,4,6H2,1H3,(H2,14,15,18). The van der Waals surface area contributed by atoms with Gasteiger partial charge >= 0.3 is 5.97 Å². The topological polar surface area (TPSA) is 50.4 Å². The number of hydrogen-bond donors (Lipinski definition) is 2. The first-order valence-corrected chi connectivity index (χ1v) is 7.79. The van der Waals surface area contributed by atoms with Gasteiger partial charge in [0.1, 0.15) is 0 Å². The van der Waals surface area contributed by atoms with E-state index < -0.39 is 0 Å². The zero-order valence-electron chi connectivity index (χ0n) is 10.3. The molecule has 0 saturated carbocycles. The van der Waals surface area contributed by atoms with Crippen LogP contribution in [0.15, 0.2) is 26.5 Å². The summed E-state index contributed by atoms with van der Waals surface area (Å²) in [6.07, 6.45) is 0.710. The summed E-state index contributed by atoms with van der Waals surface area (Å²) in [5.41, 5.74) is 2.51. The molecule has 0 aromatic carbocycles. The van der Waals surface area contributed by atoms with E-state index >= 15 is 0 Å². The highest BCUT2D eigenvalue weighted by molar-refractivity contribution is 9.11. The minimum absolute atomic E-state index is 0.300. The molecule has 2 heterocycles. The maximum atomic E-state index is 11.9. The molecule has 0 amide bonds. The molecule has 7 heteroatoms. The molecule has 2 N–H and O–H groups in total. The Kier molecular flexibility index (Phi) is 4.95. The van der Waals surface area contributed by atoms with Gasteiger partial charge in [-0.3, -0.25) is 0 Å². The van der Waals surface area contributed by atoms with Crippen LogP contribution in [-0.4, -0.2) is 24.2 Å². The third-order valence-electron chi connectivity index (χ3n) is 2.72. The van der Waals surface area contributed by atoms with Gasteiger partial charge in [-0.05, 0) is 52.1 Å². The largest absolute Gasteiger partial charge is 0.462 e. The Labute approximate surface area is 129 Å². The number of halogens is 1. The normalized spacial score (nSPS) is 14.9. The van der Waals surface area contributed by atoms with Crippen LogP contribution in [0.4, 0.5) is 0 Å². The molecule has 2 rings (SSSR count). The third-order valence-corrected chi connectivity index (χ3v) is 4.78. The lowest BCUT2D eigenvalue weighted by molar-refractivity contribution is -0.139. The van der Waals surface area contributed by atoms with Crippen molar-refractivity contribution in [1.82, 2.24) is 10.6 Å². The van der Waals surface area contributed by atoms with Gasteiger partial charge in [0.15, 0.2) is 5.11 Å². The van der Waals surface area contributed by atoms with E-state index in [9.17, 15) is 4.79 Å². The molecule has 19 heavy (non-hydrogen) atoms. The fraction of sp³-hybridized carbons (Fsp3) is 0.333. The molecule has 0 unspecified atom stereocenters. The van der Waals surface area contributed by atoms with Crippen LogP contribution in [-0.2, 0) is 16.0 Å². The van der Waals surface area contributed by atoms with Gasteiger partial charge in [0.25, 0.3) is 0 Å². The highest BCUT2D eigenvalue weighted by Gasteiger charge is 2.19. The summed E-state index contributed by atoms with van der Waals surface area (Å²) in [5.74, 6) is -0.300. The number of allylic oxidation sites excluding steroid dienone is 1. The SMILES string of the molecule is CC1=C(C(=O)OCCc2ccsc2Br)CNC(=S)N1. The Bertz CT molecular complexity index is 540. The summed E-state index contributed by atoms with van der Waals surface area (Å²) in [5, 5.41) is 8.37. The second-order valence-corrected chi connectivity index (χ2v) is 6.66. The van der Waals surface area contributed by atoms with Crippen molar-refractivity contribution >= 4 is 50.6 Å². The molecule has 1 aliphatic heterocycles. The predicted octanol–water partition coefficient (Wildman–Crippen LogP) is 2.35. The van der Waals surface area contributed by atoms with Gasteiger partial charge in [0.2, 0.25) is 0 Å². The average Bonchev–Trinajstić information content (AvgIpc) is 2.75. The van der Waals surface area contributed by atoms with Crippen LogP contribution < -0.4 is 10.6 Å². The second-order valence-electron chi connectivity index (χ2n) is 4.02. The summed E-state index contributed by atoms with van der Waals surface area (Å²) in [7, 11) is 0. The number of nitrogens with one attached hydrogen (secondary N) is 2. The van der Waals surface area contributed by atoms with Crippen LogP contribution in [0.3, 0.4) is 0 Å². The van der Waals surface area contributed by atoms with Gasteiger partial charge < -0.3 is 15.4 Å². The number of carbonyl (C=O) groups is 1. The molecule has 0 aliphatic carbocycles. The average molecular weight is 361 g/mol. The number of ether oxygens (including phenoxy) is 1. The first kappa shape index (κ1) is 14.5. The molecule has 1 aromatic heterocycles. The highest BCUT2D eigenvalue weighted by Crippen LogP contribution is 2.23. The van der Waals surface area contributed by atoms with Crippen molar-refractivity contribution in [3.8, 4) is 0 Å². The molecular weight excluding hydrogens is 348 g/mol. The maximum absolute atomic E-state index is 11.9. The molecule has 0 bridgehead atoms. The number of thiocarbonyl (C=S) groups is 1. The second kappa shape index (κ2) is 6.49. The van der Waals surface area contributed by atoms with Crippen molar-refractivity contribution in [3.05, 3.63) is 32.1 Å². The van der Waals surface area contributed by atoms with E-state index in [0.717, 1.165) is 15.0 Å². The van der Waals surface area contributed by atoms with Crippen molar-refractivity contribution in [3.63, 3.8) is 0 Å². The van der Waals surface area contributed by atoms with E-state index in [1.54, 1.807) is 11.3 Å². The fourth-order valence-electron chi connectivity index (χ4n) is 1.66. The van der Waals surface area contributed by atoms with Gasteiger partial charge in [-0.1, -0.05) is 0 Å². The summed E-state index contributed by atoms with van der Waals surface area (Å²) >= 11 is 10.1. The third kappa shape index (κ3) is 3.77. The zero-order valence-corrected chi connectivity index (χ0v) is 13.5. The molecule has 4 nitrogen and oxygen atoms in total. The van der Waals surface area contributed by atoms with E-state index in [1.807, 2.05) is 18.4 Å². The monoisotopic (exact) mass is 360 g/mol. The minimum Gasteiger partial charge on any atom is -0.462 e. The lowest BCUT2D eigenvalue weighted by Gasteiger charge is -2.20. The van der Waals surface area contributed by atoms with Crippen LogP contribution in [0.25, 0.3) is 0 Å². The number of carbonyl (C=O) groups excluding carboxylic acids is 1. The maximum Gasteiger partial charge on any atom is 0.337 e. The van der Waals surface area contributed by atoms with Crippen molar-refractivity contribution in [2.45, 2.75) is 13.3 Å². The van der Waals surface area contributed by atoms with Crippen molar-refractivity contribution in [2.75, 3.05) is 13.2 Å². The number of esters is 1. The summed E-state index contributed by atoms with van der Waals surface area (Å²) < 4.78 is 6.37. The first-order chi connectivity index (χ1) is 9.08. The molecule has 1 aromatic rings. The lowest BCUT2D eigenvalue weighted by atomic mass is 10.2. The van der Waals surface area contributed by atoms with E-state index in [4.69, 9.17) is 17.0 Å². The number of hydrogen-bond acceptors (Lipinski definition) is 4. The Morgan fingerprint density at radius 3 is 3.05 bits per heavy atom. The summed E-state index contributed by atoms with van der Waals surface area (Å²) in [4.78, 5) is 11.9. The molecule has 0 fully saturated rings. The quantitative estimate of drug-likeness (QED) is 0.637. The molecule has 102 valence electrons. The van der Waals surface area contributed by atoms with E-state index in [2.05, 4.69) is 26.6 Å². The van der Waals surface area contributed by atoms with Gasteiger partial charge in [0, 0.05) is 12.1 Å². The predicted molar refractivity (Wildman–Crippen MR) is 83.1 cm³/mol. The van der Waals surface area contributed by atoms with Crippen LogP contribution >= 0.6 is 39.5 Å². The Morgan fingerprint density at radius 2 is 2.42 bits per heavy atom. The molecule has 0 atom stereocenters. The van der Waals surface area contributed by atoms with Gasteiger partial charge in [0.05, 0.1) is 22.5 Å². The van der Waals surface area contributed by atoms with Gasteiger partial charge in [-0.2, -0.15) is 0 Å². The van der Waals surface area contributed by atoms with E-state index in [1.165, 1.54) is 0 Å².